The zero-order valence-electron chi connectivity index (χ0n) is 8.99. The monoisotopic (exact) mass is 258 g/mol. The molecule has 0 N–H and O–H groups in total. The van der Waals surface area contributed by atoms with Gasteiger partial charge >= 0.3 is 0 Å². The molecule has 0 radical (unpaired) electrons. The van der Waals surface area contributed by atoms with Gasteiger partial charge in [-0.05, 0) is 18.2 Å². The smallest absolute Gasteiger partial charge is 0.270 e. The average molecular weight is 258 g/mol. The lowest BCUT2D eigenvalue weighted by Gasteiger charge is -1.99. The lowest BCUT2D eigenvalue weighted by Crippen LogP contribution is -2.02. The molecule has 0 aliphatic carbocycles. The first-order valence-corrected chi connectivity index (χ1v) is 5.94. The van der Waals surface area contributed by atoms with Crippen LogP contribution in [0.15, 0.2) is 41.3 Å². The molecule has 0 spiro atoms. The summed E-state index contributed by atoms with van der Waals surface area (Å²) in [6, 6.07) is 7.67. The van der Waals surface area contributed by atoms with Gasteiger partial charge in [-0.15, -0.1) is 11.3 Å². The van der Waals surface area contributed by atoms with E-state index in [9.17, 15) is 14.9 Å². The van der Waals surface area contributed by atoms with Crippen LogP contribution >= 0.6 is 11.3 Å². The molecule has 3 rings (SSSR count). The number of hydrogen-bond acceptors (Lipinski definition) is 5. The van der Waals surface area contributed by atoms with E-state index in [1.807, 2.05) is 0 Å². The molecule has 2 heterocycles. The molecule has 88 valence electrons. The van der Waals surface area contributed by atoms with Crippen LogP contribution in [0.5, 0.6) is 0 Å². The quantitative estimate of drug-likeness (QED) is 0.382. The standard InChI is InChI=1S/C12H6N2O3S/c15-11-8-2-1-5-13-12(8)18-10-4-3-7(14(16)17)6-9(10)11/h1-6H. The van der Waals surface area contributed by atoms with Gasteiger partial charge in [-0.25, -0.2) is 4.98 Å². The molecular formula is C12H6N2O3S. The van der Waals surface area contributed by atoms with E-state index in [4.69, 9.17) is 0 Å². The molecule has 0 fully saturated rings. The Balaban J connectivity index is 2.49. The molecule has 0 amide bonds. The number of aromatic nitrogens is 1. The molecule has 0 unspecified atom stereocenters. The van der Waals surface area contributed by atoms with E-state index >= 15 is 0 Å². The highest BCUT2D eigenvalue weighted by atomic mass is 32.1. The van der Waals surface area contributed by atoms with Gasteiger partial charge in [0.15, 0.2) is 5.43 Å². The molecule has 0 bridgehead atoms. The highest BCUT2D eigenvalue weighted by Crippen LogP contribution is 2.25. The third-order valence-electron chi connectivity index (χ3n) is 2.64. The van der Waals surface area contributed by atoms with Crippen molar-refractivity contribution < 1.29 is 4.92 Å². The normalized spacial score (nSPS) is 10.9. The van der Waals surface area contributed by atoms with Crippen molar-refractivity contribution in [2.24, 2.45) is 0 Å². The Kier molecular flexibility index (Phi) is 2.31. The van der Waals surface area contributed by atoms with Crippen LogP contribution in [-0.2, 0) is 0 Å². The second kappa shape index (κ2) is 3.85. The maximum absolute atomic E-state index is 12.2. The highest BCUT2D eigenvalue weighted by molar-refractivity contribution is 7.24. The van der Waals surface area contributed by atoms with Gasteiger partial charge in [-0.2, -0.15) is 0 Å². The molecule has 6 heteroatoms. The summed E-state index contributed by atoms with van der Waals surface area (Å²) < 4.78 is 0.705. The molecule has 1 aromatic carbocycles. The number of non-ortho nitro benzene ring substituents is 1. The summed E-state index contributed by atoms with van der Waals surface area (Å²) in [6.07, 6.45) is 1.62. The summed E-state index contributed by atoms with van der Waals surface area (Å²) in [7, 11) is 0. The molecule has 2 aromatic heterocycles. The minimum Gasteiger partial charge on any atom is -0.288 e. The third kappa shape index (κ3) is 1.54. The lowest BCUT2D eigenvalue weighted by atomic mass is 10.2. The van der Waals surface area contributed by atoms with Crippen LogP contribution in [0.25, 0.3) is 20.3 Å². The van der Waals surface area contributed by atoms with Crippen LogP contribution in [0.3, 0.4) is 0 Å². The van der Waals surface area contributed by atoms with Gasteiger partial charge in [0.2, 0.25) is 0 Å². The molecule has 0 aliphatic rings. The SMILES string of the molecule is O=c1c2cc([N+](=O)[O-])ccc2sc2ncccc12. The first kappa shape index (κ1) is 10.8. The number of nitro groups is 1. The molecule has 18 heavy (non-hydrogen) atoms. The number of pyridine rings is 1. The van der Waals surface area contributed by atoms with E-state index in [0.29, 0.717) is 20.3 Å². The number of hydrogen-bond donors (Lipinski definition) is 0. The second-order valence-corrected chi connectivity index (χ2v) is 4.76. The predicted octanol–water partition coefficient (Wildman–Crippen LogP) is 2.72. The molecule has 0 saturated heterocycles. The lowest BCUT2D eigenvalue weighted by molar-refractivity contribution is -0.384. The van der Waals surface area contributed by atoms with Crippen molar-refractivity contribution in [3.63, 3.8) is 0 Å². The Labute approximate surface area is 104 Å². The van der Waals surface area contributed by atoms with E-state index in [-0.39, 0.29) is 11.1 Å². The molecule has 0 saturated carbocycles. The van der Waals surface area contributed by atoms with Crippen molar-refractivity contribution in [2.75, 3.05) is 0 Å². The Bertz CT molecular complexity index is 841. The number of benzene rings is 1. The fraction of sp³-hybridized carbons (Fsp3) is 0. The van der Waals surface area contributed by atoms with Crippen LogP contribution in [-0.4, -0.2) is 9.91 Å². The number of nitro benzene ring substituents is 1. The molecule has 5 nitrogen and oxygen atoms in total. The topological polar surface area (TPSA) is 73.1 Å². The van der Waals surface area contributed by atoms with Gasteiger partial charge < -0.3 is 0 Å². The van der Waals surface area contributed by atoms with Gasteiger partial charge in [0.1, 0.15) is 4.83 Å². The van der Waals surface area contributed by atoms with E-state index < -0.39 is 4.92 Å². The summed E-state index contributed by atoms with van der Waals surface area (Å²) in [4.78, 5) is 27.2. The van der Waals surface area contributed by atoms with E-state index in [1.54, 1.807) is 24.4 Å². The summed E-state index contributed by atoms with van der Waals surface area (Å²) in [6.45, 7) is 0. The van der Waals surface area contributed by atoms with E-state index in [0.717, 1.165) is 0 Å². The van der Waals surface area contributed by atoms with Gasteiger partial charge in [0.05, 0.1) is 10.3 Å². The highest BCUT2D eigenvalue weighted by Gasteiger charge is 2.11. The Morgan fingerprint density at radius 2 is 2.06 bits per heavy atom. The molecule has 0 aliphatic heterocycles. The zero-order valence-corrected chi connectivity index (χ0v) is 9.81. The van der Waals surface area contributed by atoms with Crippen molar-refractivity contribution in [2.45, 2.75) is 0 Å². The summed E-state index contributed by atoms with van der Waals surface area (Å²) in [5, 5.41) is 11.6. The van der Waals surface area contributed by atoms with Gasteiger partial charge in [0, 0.05) is 28.4 Å². The maximum atomic E-state index is 12.2. The predicted molar refractivity (Wildman–Crippen MR) is 70.1 cm³/mol. The molecule has 0 atom stereocenters. The average Bonchev–Trinajstić information content (AvgIpc) is 2.38. The van der Waals surface area contributed by atoms with Crippen LogP contribution in [0.4, 0.5) is 5.69 Å². The summed E-state index contributed by atoms with van der Waals surface area (Å²) in [5.41, 5.74) is -0.286. The van der Waals surface area contributed by atoms with Crippen molar-refractivity contribution in [3.05, 3.63) is 56.9 Å². The Hall–Kier alpha value is -2.34. The van der Waals surface area contributed by atoms with Crippen molar-refractivity contribution >= 4 is 37.3 Å². The minimum absolute atomic E-state index is 0.0740. The van der Waals surface area contributed by atoms with Crippen LogP contribution in [0.1, 0.15) is 0 Å². The molecular weight excluding hydrogens is 252 g/mol. The third-order valence-corrected chi connectivity index (χ3v) is 3.74. The summed E-state index contributed by atoms with van der Waals surface area (Å²) in [5.74, 6) is 0. The first-order valence-electron chi connectivity index (χ1n) is 5.13. The number of fused-ring (bicyclic) bond motifs is 2. The van der Waals surface area contributed by atoms with Crippen LogP contribution in [0, 0.1) is 10.1 Å². The van der Waals surface area contributed by atoms with Crippen molar-refractivity contribution in [1.29, 1.82) is 0 Å². The fourth-order valence-corrected chi connectivity index (χ4v) is 2.78. The Morgan fingerprint density at radius 3 is 2.83 bits per heavy atom. The van der Waals surface area contributed by atoms with Gasteiger partial charge in [-0.3, -0.25) is 14.9 Å². The van der Waals surface area contributed by atoms with E-state index in [2.05, 4.69) is 4.98 Å². The molecule has 3 aromatic rings. The Morgan fingerprint density at radius 1 is 1.22 bits per heavy atom. The van der Waals surface area contributed by atoms with Crippen molar-refractivity contribution in [3.8, 4) is 0 Å². The van der Waals surface area contributed by atoms with Gasteiger partial charge in [-0.1, -0.05) is 0 Å². The fourth-order valence-electron chi connectivity index (χ4n) is 1.79. The zero-order chi connectivity index (χ0) is 12.7. The van der Waals surface area contributed by atoms with Gasteiger partial charge in [0.25, 0.3) is 5.69 Å². The number of rotatable bonds is 1. The largest absolute Gasteiger partial charge is 0.288 e. The van der Waals surface area contributed by atoms with Crippen LogP contribution < -0.4 is 5.43 Å². The van der Waals surface area contributed by atoms with E-state index in [1.165, 1.54) is 23.5 Å². The number of nitrogens with zero attached hydrogens (tertiary/aromatic N) is 2. The van der Waals surface area contributed by atoms with Crippen molar-refractivity contribution in [1.82, 2.24) is 4.98 Å². The second-order valence-electron chi connectivity index (χ2n) is 3.72. The summed E-state index contributed by atoms with van der Waals surface area (Å²) >= 11 is 1.35. The van der Waals surface area contributed by atoms with Crippen LogP contribution in [0.2, 0.25) is 0 Å². The first-order chi connectivity index (χ1) is 8.66. The minimum atomic E-state index is -0.503. The maximum Gasteiger partial charge on any atom is 0.270 e.